The molecule has 1 aromatic carbocycles. The summed E-state index contributed by atoms with van der Waals surface area (Å²) in [6.45, 7) is 4.63. The molecule has 1 unspecified atom stereocenters. The number of rotatable bonds is 10. The minimum atomic E-state index is 0.503. The summed E-state index contributed by atoms with van der Waals surface area (Å²) in [5, 5.41) is 1.29. The molecule has 0 radical (unpaired) electrons. The molecule has 0 fully saturated rings. The summed E-state index contributed by atoms with van der Waals surface area (Å²) in [4.78, 5) is 0. The topological polar surface area (TPSA) is 9.23 Å². The van der Waals surface area contributed by atoms with E-state index >= 15 is 0 Å². The molecule has 1 rings (SSSR count). The van der Waals surface area contributed by atoms with Crippen LogP contribution in [0.25, 0.3) is 0 Å². The second-order valence-corrected chi connectivity index (χ2v) is 5.23. The van der Waals surface area contributed by atoms with E-state index in [1.54, 1.807) is 0 Å². The summed E-state index contributed by atoms with van der Waals surface area (Å²) in [6.07, 6.45) is 9.58. The lowest BCUT2D eigenvalue weighted by molar-refractivity contribution is 0.348. The van der Waals surface area contributed by atoms with Gasteiger partial charge in [-0.3, -0.25) is 0 Å². The van der Waals surface area contributed by atoms with Crippen molar-refractivity contribution in [3.63, 3.8) is 0 Å². The normalized spacial score (nSPS) is 11.1. The lowest BCUT2D eigenvalue weighted by Gasteiger charge is -2.04. The molecule has 94 valence electrons. The third-order valence-corrected chi connectivity index (χ3v) is 3.54. The molecule has 0 N–H and O–H groups in total. The SMILES string of the molecule is C=CCCCCCCCOPc1ccccc1. The predicted molar refractivity (Wildman–Crippen MR) is 78.2 cm³/mol. The van der Waals surface area contributed by atoms with Crippen molar-refractivity contribution in [1.82, 2.24) is 0 Å². The van der Waals surface area contributed by atoms with E-state index in [-0.39, 0.29) is 0 Å². The van der Waals surface area contributed by atoms with Gasteiger partial charge < -0.3 is 4.52 Å². The van der Waals surface area contributed by atoms with Crippen LogP contribution in [0.4, 0.5) is 0 Å². The van der Waals surface area contributed by atoms with E-state index in [0.717, 1.165) is 13.0 Å². The standard InChI is InChI=1S/C15H23OP/c1-2-3-4-5-6-7-11-14-16-17-15-12-9-8-10-13-15/h2,8-10,12-13,17H,1,3-7,11,14H2. The molecule has 0 bridgehead atoms. The highest BCUT2D eigenvalue weighted by Crippen LogP contribution is 2.13. The zero-order valence-electron chi connectivity index (χ0n) is 10.5. The maximum atomic E-state index is 5.66. The van der Waals surface area contributed by atoms with Crippen LogP contribution in [0, 0.1) is 0 Å². The van der Waals surface area contributed by atoms with Crippen molar-refractivity contribution in [2.45, 2.75) is 38.5 Å². The molecule has 0 amide bonds. The van der Waals surface area contributed by atoms with Crippen molar-refractivity contribution in [2.24, 2.45) is 0 Å². The molecule has 0 heterocycles. The lowest BCUT2D eigenvalue weighted by Crippen LogP contribution is -1.95. The van der Waals surface area contributed by atoms with Gasteiger partial charge in [0, 0.05) is 8.81 Å². The van der Waals surface area contributed by atoms with Crippen LogP contribution in [0.1, 0.15) is 38.5 Å². The molecule has 0 saturated heterocycles. The minimum Gasteiger partial charge on any atom is -0.358 e. The maximum absolute atomic E-state index is 5.66. The Bertz CT molecular complexity index is 284. The second kappa shape index (κ2) is 10.5. The quantitative estimate of drug-likeness (QED) is 0.339. The molecule has 0 aromatic heterocycles. The van der Waals surface area contributed by atoms with Crippen molar-refractivity contribution in [2.75, 3.05) is 6.61 Å². The zero-order valence-corrected chi connectivity index (χ0v) is 11.5. The van der Waals surface area contributed by atoms with Crippen LogP contribution in [0.5, 0.6) is 0 Å². The Hall–Kier alpha value is -0.650. The first-order valence-corrected chi connectivity index (χ1v) is 7.38. The van der Waals surface area contributed by atoms with Crippen LogP contribution in [0.2, 0.25) is 0 Å². The molecule has 1 aromatic rings. The van der Waals surface area contributed by atoms with Crippen LogP contribution < -0.4 is 5.30 Å². The Morgan fingerprint density at radius 3 is 2.47 bits per heavy atom. The van der Waals surface area contributed by atoms with Crippen molar-refractivity contribution < 1.29 is 4.52 Å². The van der Waals surface area contributed by atoms with E-state index in [0.29, 0.717) is 8.81 Å². The van der Waals surface area contributed by atoms with Crippen molar-refractivity contribution in [1.29, 1.82) is 0 Å². The van der Waals surface area contributed by atoms with E-state index in [1.807, 2.05) is 12.1 Å². The number of benzene rings is 1. The van der Waals surface area contributed by atoms with Crippen LogP contribution in [0.3, 0.4) is 0 Å². The van der Waals surface area contributed by atoms with Gasteiger partial charge in [0.2, 0.25) is 0 Å². The van der Waals surface area contributed by atoms with E-state index in [1.165, 1.54) is 37.4 Å². The van der Waals surface area contributed by atoms with E-state index in [4.69, 9.17) is 4.52 Å². The molecule has 0 saturated carbocycles. The Labute approximate surface area is 107 Å². The monoisotopic (exact) mass is 250 g/mol. The van der Waals surface area contributed by atoms with Gasteiger partial charge in [-0.15, -0.1) is 6.58 Å². The van der Waals surface area contributed by atoms with Crippen LogP contribution in [-0.2, 0) is 4.52 Å². The largest absolute Gasteiger partial charge is 0.358 e. The van der Waals surface area contributed by atoms with Gasteiger partial charge in [-0.25, -0.2) is 0 Å². The highest BCUT2D eigenvalue weighted by molar-refractivity contribution is 7.41. The van der Waals surface area contributed by atoms with E-state index in [9.17, 15) is 0 Å². The average Bonchev–Trinajstić information content (AvgIpc) is 2.38. The molecule has 0 aliphatic rings. The molecule has 1 nitrogen and oxygen atoms in total. The molecule has 0 aliphatic carbocycles. The fourth-order valence-electron chi connectivity index (χ4n) is 1.63. The lowest BCUT2D eigenvalue weighted by atomic mass is 10.1. The number of hydrogen-bond acceptors (Lipinski definition) is 1. The molecule has 17 heavy (non-hydrogen) atoms. The smallest absolute Gasteiger partial charge is 0.0509 e. The first kappa shape index (κ1) is 14.4. The van der Waals surface area contributed by atoms with Gasteiger partial charge in [-0.1, -0.05) is 55.7 Å². The second-order valence-electron chi connectivity index (χ2n) is 4.16. The number of unbranched alkanes of at least 4 members (excludes halogenated alkanes) is 5. The maximum Gasteiger partial charge on any atom is 0.0509 e. The van der Waals surface area contributed by atoms with Crippen molar-refractivity contribution in [3.05, 3.63) is 43.0 Å². The summed E-state index contributed by atoms with van der Waals surface area (Å²) in [6, 6.07) is 10.4. The van der Waals surface area contributed by atoms with E-state index < -0.39 is 0 Å². The van der Waals surface area contributed by atoms with Gasteiger partial charge in [-0.05, 0) is 24.6 Å². The molecule has 2 heteroatoms. The van der Waals surface area contributed by atoms with Crippen molar-refractivity contribution in [3.8, 4) is 0 Å². The Balaban J connectivity index is 1.86. The van der Waals surface area contributed by atoms with Gasteiger partial charge in [-0.2, -0.15) is 0 Å². The zero-order chi connectivity index (χ0) is 12.2. The van der Waals surface area contributed by atoms with Gasteiger partial charge in [0.1, 0.15) is 0 Å². The Morgan fingerprint density at radius 2 is 1.71 bits per heavy atom. The first-order chi connectivity index (χ1) is 8.43. The van der Waals surface area contributed by atoms with Gasteiger partial charge in [0.25, 0.3) is 0 Å². The molecular weight excluding hydrogens is 227 g/mol. The number of allylic oxidation sites excluding steroid dienone is 1. The average molecular weight is 250 g/mol. The summed E-state index contributed by atoms with van der Waals surface area (Å²) in [5.41, 5.74) is 0. The molecular formula is C15H23OP. The summed E-state index contributed by atoms with van der Waals surface area (Å²) in [7, 11) is 0.503. The third kappa shape index (κ3) is 8.12. The van der Waals surface area contributed by atoms with Crippen molar-refractivity contribution >= 4 is 14.1 Å². The van der Waals surface area contributed by atoms with Gasteiger partial charge >= 0.3 is 0 Å². The minimum absolute atomic E-state index is 0.503. The molecule has 0 spiro atoms. The fraction of sp³-hybridized carbons (Fsp3) is 0.467. The predicted octanol–water partition coefficient (Wildman–Crippen LogP) is 4.45. The highest BCUT2D eigenvalue weighted by Gasteiger charge is 1.93. The Kier molecular flexibility index (Phi) is 8.90. The fourth-order valence-corrected chi connectivity index (χ4v) is 2.38. The number of hydrogen-bond donors (Lipinski definition) is 0. The molecule has 0 aliphatic heterocycles. The van der Waals surface area contributed by atoms with Gasteiger partial charge in [0.05, 0.1) is 6.61 Å². The highest BCUT2D eigenvalue weighted by atomic mass is 31.1. The van der Waals surface area contributed by atoms with Crippen LogP contribution in [0.15, 0.2) is 43.0 Å². The van der Waals surface area contributed by atoms with Gasteiger partial charge in [0.15, 0.2) is 0 Å². The summed E-state index contributed by atoms with van der Waals surface area (Å²) in [5.74, 6) is 0. The third-order valence-electron chi connectivity index (χ3n) is 2.62. The van der Waals surface area contributed by atoms with Crippen LogP contribution >= 0.6 is 8.81 Å². The summed E-state index contributed by atoms with van der Waals surface area (Å²) >= 11 is 0. The summed E-state index contributed by atoms with van der Waals surface area (Å²) < 4.78 is 5.66. The molecule has 1 atom stereocenters. The van der Waals surface area contributed by atoms with Crippen LogP contribution in [-0.4, -0.2) is 6.61 Å². The first-order valence-electron chi connectivity index (χ1n) is 6.47. The Morgan fingerprint density at radius 1 is 1.00 bits per heavy atom. The van der Waals surface area contributed by atoms with E-state index in [2.05, 4.69) is 30.8 Å².